The van der Waals surface area contributed by atoms with E-state index in [2.05, 4.69) is 4.98 Å². The molecule has 1 saturated carbocycles. The van der Waals surface area contributed by atoms with E-state index in [9.17, 15) is 9.59 Å². The SMILES string of the molecule is CCOC(=O)c1nc(COC(=O)C2(c3ccc(Cl)cc3)CCC2)cs1. The van der Waals surface area contributed by atoms with Crippen LogP contribution in [0.5, 0.6) is 0 Å². The van der Waals surface area contributed by atoms with Gasteiger partial charge in [-0.3, -0.25) is 4.79 Å². The van der Waals surface area contributed by atoms with Gasteiger partial charge in [0.25, 0.3) is 0 Å². The normalized spacial score (nSPS) is 15.3. The molecule has 2 aromatic rings. The number of nitrogens with zero attached hydrogens (tertiary/aromatic N) is 1. The molecule has 1 aromatic heterocycles. The second-order valence-electron chi connectivity index (χ2n) is 5.88. The van der Waals surface area contributed by atoms with Crippen LogP contribution in [0.1, 0.15) is 47.2 Å². The van der Waals surface area contributed by atoms with Crippen molar-refractivity contribution in [3.05, 3.63) is 50.9 Å². The van der Waals surface area contributed by atoms with Gasteiger partial charge in [-0.2, -0.15) is 0 Å². The number of carbonyl (C=O) groups is 2. The topological polar surface area (TPSA) is 65.5 Å². The lowest BCUT2D eigenvalue weighted by atomic mass is 9.64. The van der Waals surface area contributed by atoms with Crippen molar-refractivity contribution in [2.45, 2.75) is 38.2 Å². The zero-order valence-corrected chi connectivity index (χ0v) is 15.4. The lowest BCUT2D eigenvalue weighted by molar-refractivity contribution is -0.156. The Balaban J connectivity index is 1.65. The van der Waals surface area contributed by atoms with E-state index < -0.39 is 11.4 Å². The molecular weight excluding hydrogens is 362 g/mol. The van der Waals surface area contributed by atoms with E-state index >= 15 is 0 Å². The van der Waals surface area contributed by atoms with Gasteiger partial charge in [-0.15, -0.1) is 11.3 Å². The largest absolute Gasteiger partial charge is 0.461 e. The minimum atomic E-state index is -0.593. The van der Waals surface area contributed by atoms with Crippen LogP contribution in [0, 0.1) is 0 Å². The van der Waals surface area contributed by atoms with Crippen LogP contribution in [-0.2, 0) is 26.3 Å². The molecule has 0 radical (unpaired) electrons. The maximum absolute atomic E-state index is 12.7. The first kappa shape index (κ1) is 17.9. The number of carbonyl (C=O) groups excluding carboxylic acids is 2. The van der Waals surface area contributed by atoms with Crippen molar-refractivity contribution in [3.63, 3.8) is 0 Å². The average molecular weight is 380 g/mol. The zero-order chi connectivity index (χ0) is 17.9. The Morgan fingerprint density at radius 3 is 2.56 bits per heavy atom. The lowest BCUT2D eigenvalue weighted by Crippen LogP contribution is -2.43. The van der Waals surface area contributed by atoms with E-state index in [0.29, 0.717) is 17.3 Å². The molecule has 0 N–H and O–H groups in total. The van der Waals surface area contributed by atoms with Gasteiger partial charge >= 0.3 is 11.9 Å². The minimum absolute atomic E-state index is 0.0457. The van der Waals surface area contributed by atoms with Gasteiger partial charge in [0.2, 0.25) is 5.01 Å². The quantitative estimate of drug-likeness (QED) is 0.706. The molecule has 0 bridgehead atoms. The third-order valence-corrected chi connectivity index (χ3v) is 5.47. The fraction of sp³-hybridized carbons (Fsp3) is 0.389. The Bertz CT molecular complexity index is 768. The van der Waals surface area contributed by atoms with Crippen molar-refractivity contribution < 1.29 is 19.1 Å². The second kappa shape index (κ2) is 7.54. The van der Waals surface area contributed by atoms with Crippen molar-refractivity contribution in [3.8, 4) is 0 Å². The smallest absolute Gasteiger partial charge is 0.367 e. The third-order valence-electron chi connectivity index (χ3n) is 4.35. The van der Waals surface area contributed by atoms with Crippen LogP contribution in [0.25, 0.3) is 0 Å². The van der Waals surface area contributed by atoms with Crippen molar-refractivity contribution in [1.29, 1.82) is 0 Å². The summed E-state index contributed by atoms with van der Waals surface area (Å²) in [7, 11) is 0. The van der Waals surface area contributed by atoms with Crippen LogP contribution in [0.4, 0.5) is 0 Å². The number of halogens is 1. The predicted molar refractivity (Wildman–Crippen MR) is 94.8 cm³/mol. The molecule has 3 rings (SSSR count). The first-order valence-electron chi connectivity index (χ1n) is 8.10. The summed E-state index contributed by atoms with van der Waals surface area (Å²) in [6.45, 7) is 2.08. The Kier molecular flexibility index (Phi) is 5.39. The van der Waals surface area contributed by atoms with Crippen LogP contribution in [-0.4, -0.2) is 23.5 Å². The van der Waals surface area contributed by atoms with E-state index in [-0.39, 0.29) is 17.6 Å². The number of rotatable bonds is 6. The first-order valence-corrected chi connectivity index (χ1v) is 9.36. The van der Waals surface area contributed by atoms with E-state index in [4.69, 9.17) is 21.1 Å². The van der Waals surface area contributed by atoms with E-state index in [1.807, 2.05) is 12.1 Å². The molecule has 132 valence electrons. The number of hydrogen-bond acceptors (Lipinski definition) is 6. The molecule has 0 unspecified atom stereocenters. The van der Waals surface area contributed by atoms with Gasteiger partial charge in [0.1, 0.15) is 6.61 Å². The summed E-state index contributed by atoms with van der Waals surface area (Å²) in [5, 5.41) is 2.61. The highest BCUT2D eigenvalue weighted by Gasteiger charge is 2.47. The van der Waals surface area contributed by atoms with Crippen molar-refractivity contribution in [2.75, 3.05) is 6.61 Å². The maximum Gasteiger partial charge on any atom is 0.367 e. The van der Waals surface area contributed by atoms with Gasteiger partial charge < -0.3 is 9.47 Å². The molecule has 1 heterocycles. The summed E-state index contributed by atoms with van der Waals surface area (Å²) in [6.07, 6.45) is 2.51. The molecule has 1 aliphatic carbocycles. The average Bonchev–Trinajstić information content (AvgIpc) is 3.03. The van der Waals surface area contributed by atoms with Gasteiger partial charge in [0.05, 0.1) is 17.7 Å². The molecule has 0 saturated heterocycles. The van der Waals surface area contributed by atoms with Gasteiger partial charge in [-0.1, -0.05) is 30.2 Å². The molecule has 0 amide bonds. The highest BCUT2D eigenvalue weighted by Crippen LogP contribution is 2.45. The second-order valence-corrected chi connectivity index (χ2v) is 7.18. The Hall–Kier alpha value is -1.92. The van der Waals surface area contributed by atoms with Gasteiger partial charge in [0.15, 0.2) is 0 Å². The van der Waals surface area contributed by atoms with Crippen molar-refractivity contribution >= 4 is 34.9 Å². The molecule has 0 atom stereocenters. The van der Waals surface area contributed by atoms with E-state index in [1.54, 1.807) is 24.4 Å². The zero-order valence-electron chi connectivity index (χ0n) is 13.8. The highest BCUT2D eigenvalue weighted by molar-refractivity contribution is 7.11. The third kappa shape index (κ3) is 3.70. The maximum atomic E-state index is 12.7. The molecule has 25 heavy (non-hydrogen) atoms. The lowest BCUT2D eigenvalue weighted by Gasteiger charge is -2.39. The fourth-order valence-corrected chi connectivity index (χ4v) is 3.67. The standard InChI is InChI=1S/C18H18ClNO4S/c1-2-23-16(21)15-20-14(11-25-15)10-24-17(22)18(8-3-9-18)12-4-6-13(19)7-5-12/h4-7,11H,2-3,8-10H2,1H3. The fourth-order valence-electron chi connectivity index (χ4n) is 2.85. The summed E-state index contributed by atoms with van der Waals surface area (Å²) < 4.78 is 10.4. The number of thiazole rings is 1. The van der Waals surface area contributed by atoms with Crippen LogP contribution >= 0.6 is 22.9 Å². The summed E-state index contributed by atoms with van der Waals surface area (Å²) in [4.78, 5) is 28.5. The number of esters is 2. The highest BCUT2D eigenvalue weighted by atomic mass is 35.5. The summed E-state index contributed by atoms with van der Waals surface area (Å²) in [5.41, 5.74) is 0.885. The number of hydrogen-bond donors (Lipinski definition) is 0. The van der Waals surface area contributed by atoms with Crippen LogP contribution in [0.15, 0.2) is 29.6 Å². The number of ether oxygens (including phenoxy) is 2. The van der Waals surface area contributed by atoms with Gasteiger partial charge in [-0.25, -0.2) is 9.78 Å². The summed E-state index contributed by atoms with van der Waals surface area (Å²) in [6, 6.07) is 7.33. The van der Waals surface area contributed by atoms with Gasteiger partial charge in [0, 0.05) is 10.4 Å². The van der Waals surface area contributed by atoms with Gasteiger partial charge in [-0.05, 0) is 37.5 Å². The first-order chi connectivity index (χ1) is 12.0. The molecule has 1 aromatic carbocycles. The molecular formula is C18H18ClNO4S. The predicted octanol–water partition coefficient (Wildman–Crippen LogP) is 4.14. The summed E-state index contributed by atoms with van der Waals surface area (Å²) in [5.74, 6) is -0.714. The van der Waals surface area contributed by atoms with Crippen LogP contribution in [0.2, 0.25) is 5.02 Å². The summed E-state index contributed by atoms with van der Waals surface area (Å²) >= 11 is 7.12. The van der Waals surface area contributed by atoms with E-state index in [1.165, 1.54) is 11.3 Å². The van der Waals surface area contributed by atoms with Crippen molar-refractivity contribution in [1.82, 2.24) is 4.98 Å². The van der Waals surface area contributed by atoms with E-state index in [0.717, 1.165) is 24.8 Å². The Morgan fingerprint density at radius 2 is 1.96 bits per heavy atom. The molecule has 1 aliphatic rings. The van der Waals surface area contributed by atoms with Crippen molar-refractivity contribution in [2.24, 2.45) is 0 Å². The molecule has 0 aliphatic heterocycles. The monoisotopic (exact) mass is 379 g/mol. The minimum Gasteiger partial charge on any atom is -0.461 e. The van der Waals surface area contributed by atoms with Crippen LogP contribution < -0.4 is 0 Å². The molecule has 5 nitrogen and oxygen atoms in total. The van der Waals surface area contributed by atoms with Crippen LogP contribution in [0.3, 0.4) is 0 Å². The molecule has 1 fully saturated rings. The molecule has 7 heteroatoms. The Morgan fingerprint density at radius 1 is 1.24 bits per heavy atom. The number of benzene rings is 1. The number of aromatic nitrogens is 1. The molecule has 0 spiro atoms. The Labute approximate surface area is 154 Å².